The van der Waals surface area contributed by atoms with Gasteiger partial charge in [0.2, 0.25) is 0 Å². The van der Waals surface area contributed by atoms with E-state index in [0.717, 1.165) is 37.8 Å². The number of rotatable bonds is 6. The zero-order chi connectivity index (χ0) is 14.7. The fraction of sp³-hybridized carbons (Fsp3) is 0.667. The van der Waals surface area contributed by atoms with Crippen LogP contribution in [0.2, 0.25) is 0 Å². The number of nitrogens with one attached hydrogen (secondary N) is 1. The molecule has 1 aliphatic heterocycles. The summed E-state index contributed by atoms with van der Waals surface area (Å²) < 4.78 is 5.99. The highest BCUT2D eigenvalue weighted by molar-refractivity contribution is 5.40. The topological polar surface area (TPSA) is 24.5 Å². The Morgan fingerprint density at radius 3 is 2.90 bits per heavy atom. The van der Waals surface area contributed by atoms with Gasteiger partial charge in [0.25, 0.3) is 0 Å². The molecule has 21 heavy (non-hydrogen) atoms. The first-order valence-electron chi connectivity index (χ1n) is 8.39. The van der Waals surface area contributed by atoms with Crippen molar-refractivity contribution in [1.82, 2.24) is 10.2 Å². The second-order valence-corrected chi connectivity index (χ2v) is 6.68. The normalized spacial score (nSPS) is 21.8. The summed E-state index contributed by atoms with van der Waals surface area (Å²) in [6, 6.07) is 7.31. The van der Waals surface area contributed by atoms with Crippen LogP contribution >= 0.6 is 0 Å². The zero-order valence-electron chi connectivity index (χ0n) is 13.4. The smallest absolute Gasteiger partial charge is 0.123 e. The van der Waals surface area contributed by atoms with Crippen LogP contribution in [0, 0.1) is 6.92 Å². The first kappa shape index (κ1) is 14.9. The summed E-state index contributed by atoms with van der Waals surface area (Å²) in [5, 5.41) is 3.56. The number of likely N-dealkylation sites (N-methyl/N-ethyl adjacent to an activating group) is 1. The molecule has 1 unspecified atom stereocenters. The predicted octanol–water partition coefficient (Wildman–Crippen LogP) is 2.76. The molecule has 1 heterocycles. The van der Waals surface area contributed by atoms with Gasteiger partial charge in [-0.25, -0.2) is 0 Å². The minimum atomic E-state index is 0.304. The Hall–Kier alpha value is -1.06. The van der Waals surface area contributed by atoms with Crippen molar-refractivity contribution in [2.75, 3.05) is 26.7 Å². The first-order valence-corrected chi connectivity index (χ1v) is 8.39. The van der Waals surface area contributed by atoms with Crippen LogP contribution in [-0.2, 0) is 6.42 Å². The molecule has 1 atom stereocenters. The van der Waals surface area contributed by atoms with Crippen LogP contribution in [-0.4, -0.2) is 43.7 Å². The fourth-order valence-electron chi connectivity index (χ4n) is 3.61. The van der Waals surface area contributed by atoms with Crippen LogP contribution in [0.25, 0.3) is 0 Å². The highest BCUT2D eigenvalue weighted by Crippen LogP contribution is 2.29. The van der Waals surface area contributed by atoms with E-state index in [1.165, 1.54) is 36.8 Å². The lowest BCUT2D eigenvalue weighted by Gasteiger charge is -2.24. The van der Waals surface area contributed by atoms with Gasteiger partial charge in [-0.1, -0.05) is 30.5 Å². The highest BCUT2D eigenvalue weighted by atomic mass is 16.5. The number of aryl methyl sites for hydroxylation is 1. The molecule has 0 saturated heterocycles. The Morgan fingerprint density at radius 1 is 1.29 bits per heavy atom. The van der Waals surface area contributed by atoms with Gasteiger partial charge in [-0.3, -0.25) is 0 Å². The van der Waals surface area contributed by atoms with Crippen molar-refractivity contribution in [2.24, 2.45) is 0 Å². The zero-order valence-corrected chi connectivity index (χ0v) is 13.4. The van der Waals surface area contributed by atoms with E-state index in [-0.39, 0.29) is 0 Å². The lowest BCUT2D eigenvalue weighted by atomic mass is 10.1. The number of benzene rings is 1. The quantitative estimate of drug-likeness (QED) is 0.815. The van der Waals surface area contributed by atoms with Crippen LogP contribution < -0.4 is 10.1 Å². The van der Waals surface area contributed by atoms with Gasteiger partial charge in [0.15, 0.2) is 0 Å². The van der Waals surface area contributed by atoms with Crippen LogP contribution in [0.1, 0.15) is 36.8 Å². The first-order chi connectivity index (χ1) is 10.2. The van der Waals surface area contributed by atoms with Crippen LogP contribution in [0.15, 0.2) is 18.2 Å². The fourth-order valence-corrected chi connectivity index (χ4v) is 3.61. The molecule has 0 bridgehead atoms. The average molecular weight is 288 g/mol. The average Bonchev–Trinajstić information content (AvgIpc) is 3.11. The lowest BCUT2D eigenvalue weighted by Crippen LogP contribution is -2.38. The Balaban J connectivity index is 1.35. The van der Waals surface area contributed by atoms with Gasteiger partial charge >= 0.3 is 0 Å². The third-order valence-electron chi connectivity index (χ3n) is 4.92. The predicted molar refractivity (Wildman–Crippen MR) is 87.1 cm³/mol. The third-order valence-corrected chi connectivity index (χ3v) is 4.92. The van der Waals surface area contributed by atoms with Crippen molar-refractivity contribution in [1.29, 1.82) is 0 Å². The molecule has 1 aromatic carbocycles. The van der Waals surface area contributed by atoms with E-state index in [1.54, 1.807) is 0 Å². The largest absolute Gasteiger partial charge is 0.488 e. The molecule has 3 nitrogen and oxygen atoms in total. The van der Waals surface area contributed by atoms with Crippen molar-refractivity contribution >= 4 is 0 Å². The summed E-state index contributed by atoms with van der Waals surface area (Å²) in [5.74, 6) is 1.08. The van der Waals surface area contributed by atoms with Gasteiger partial charge in [-0.05, 0) is 38.4 Å². The molecule has 1 fully saturated rings. The van der Waals surface area contributed by atoms with Crippen molar-refractivity contribution < 1.29 is 4.74 Å². The monoisotopic (exact) mass is 288 g/mol. The molecule has 3 heteroatoms. The van der Waals surface area contributed by atoms with Gasteiger partial charge in [0.1, 0.15) is 11.9 Å². The van der Waals surface area contributed by atoms with Gasteiger partial charge in [-0.2, -0.15) is 0 Å². The molecule has 0 aromatic heterocycles. The van der Waals surface area contributed by atoms with E-state index in [1.807, 2.05) is 0 Å². The number of fused-ring (bicyclic) bond motifs is 1. The molecular weight excluding hydrogens is 260 g/mol. The maximum Gasteiger partial charge on any atom is 0.123 e. The Kier molecular flexibility index (Phi) is 4.81. The molecule has 3 rings (SSSR count). The molecule has 1 aromatic rings. The summed E-state index contributed by atoms with van der Waals surface area (Å²) >= 11 is 0. The molecule has 116 valence electrons. The van der Waals surface area contributed by atoms with E-state index >= 15 is 0 Å². The molecule has 0 amide bonds. The number of nitrogens with zero attached hydrogens (tertiary/aromatic N) is 1. The van der Waals surface area contributed by atoms with Crippen LogP contribution in [0.3, 0.4) is 0 Å². The lowest BCUT2D eigenvalue weighted by molar-refractivity contribution is 0.214. The standard InChI is InChI=1S/C18H28N2O/c1-14-7-8-18-15(11-14)12-17(21-18)13-19-9-10-20(2)16-5-3-4-6-16/h7-8,11,16-17,19H,3-6,9-10,12-13H2,1-2H3. The SMILES string of the molecule is Cc1ccc2c(c1)CC(CNCCN(C)C1CCCC1)O2. The van der Waals surface area contributed by atoms with E-state index in [0.29, 0.717) is 6.10 Å². The van der Waals surface area contributed by atoms with Gasteiger partial charge in [0.05, 0.1) is 0 Å². The van der Waals surface area contributed by atoms with Gasteiger partial charge in [-0.15, -0.1) is 0 Å². The Morgan fingerprint density at radius 2 is 2.10 bits per heavy atom. The minimum absolute atomic E-state index is 0.304. The van der Waals surface area contributed by atoms with E-state index < -0.39 is 0 Å². The maximum absolute atomic E-state index is 5.99. The highest BCUT2D eigenvalue weighted by Gasteiger charge is 2.22. The molecule has 2 aliphatic rings. The van der Waals surface area contributed by atoms with Crippen molar-refractivity contribution in [3.63, 3.8) is 0 Å². The molecule has 1 N–H and O–H groups in total. The molecule has 1 saturated carbocycles. The number of hydrogen-bond donors (Lipinski definition) is 1. The number of ether oxygens (including phenoxy) is 1. The van der Waals surface area contributed by atoms with Crippen molar-refractivity contribution in [2.45, 2.75) is 51.2 Å². The van der Waals surface area contributed by atoms with E-state index in [4.69, 9.17) is 4.74 Å². The number of hydrogen-bond acceptors (Lipinski definition) is 3. The minimum Gasteiger partial charge on any atom is -0.488 e. The third kappa shape index (κ3) is 3.78. The Bertz CT molecular complexity index is 468. The second-order valence-electron chi connectivity index (χ2n) is 6.68. The van der Waals surface area contributed by atoms with Crippen LogP contribution in [0.4, 0.5) is 0 Å². The van der Waals surface area contributed by atoms with Crippen LogP contribution in [0.5, 0.6) is 5.75 Å². The van der Waals surface area contributed by atoms with Gasteiger partial charge in [0, 0.05) is 32.1 Å². The molecule has 1 aliphatic carbocycles. The molecular formula is C18H28N2O. The van der Waals surface area contributed by atoms with Gasteiger partial charge < -0.3 is 15.0 Å². The molecule has 0 spiro atoms. The maximum atomic E-state index is 5.99. The van der Waals surface area contributed by atoms with Crippen molar-refractivity contribution in [3.05, 3.63) is 29.3 Å². The van der Waals surface area contributed by atoms with E-state index in [2.05, 4.69) is 42.4 Å². The summed E-state index contributed by atoms with van der Waals surface area (Å²) in [7, 11) is 2.27. The Labute approximate surface area is 128 Å². The van der Waals surface area contributed by atoms with E-state index in [9.17, 15) is 0 Å². The summed E-state index contributed by atoms with van der Waals surface area (Å²) in [6.45, 7) is 5.29. The summed E-state index contributed by atoms with van der Waals surface area (Å²) in [5.41, 5.74) is 2.69. The molecule has 0 radical (unpaired) electrons. The second kappa shape index (κ2) is 6.80. The summed E-state index contributed by atoms with van der Waals surface area (Å²) in [4.78, 5) is 2.52. The summed E-state index contributed by atoms with van der Waals surface area (Å²) in [6.07, 6.45) is 6.95. The van der Waals surface area contributed by atoms with Crippen molar-refractivity contribution in [3.8, 4) is 5.75 Å².